The average Bonchev–Trinajstić information content (AvgIpc) is 2.74. The van der Waals surface area contributed by atoms with Crippen LogP contribution in [0.3, 0.4) is 0 Å². The number of aromatic hydroxyl groups is 4. The Kier molecular flexibility index (Phi) is 8.04. The second kappa shape index (κ2) is 10.7. The van der Waals surface area contributed by atoms with Crippen molar-refractivity contribution in [2.75, 3.05) is 13.1 Å². The van der Waals surface area contributed by atoms with Crippen molar-refractivity contribution >= 4 is 0 Å². The molecular weight excluding hydrogens is 392 g/mol. The third-order valence-electron chi connectivity index (χ3n) is 6.56. The zero-order chi connectivity index (χ0) is 22.4. The van der Waals surface area contributed by atoms with Gasteiger partial charge in [0.25, 0.3) is 0 Å². The van der Waals surface area contributed by atoms with E-state index in [-0.39, 0.29) is 35.0 Å². The third-order valence-corrected chi connectivity index (χ3v) is 6.56. The summed E-state index contributed by atoms with van der Waals surface area (Å²) >= 11 is 0. The topological polar surface area (TPSA) is 119 Å². The lowest BCUT2D eigenvalue weighted by Gasteiger charge is -2.32. The summed E-state index contributed by atoms with van der Waals surface area (Å²) in [6.45, 7) is 3.46. The summed E-state index contributed by atoms with van der Waals surface area (Å²) in [5, 5.41) is 42.9. The molecule has 2 aromatic carbocycles. The fraction of sp³-hybridized carbons (Fsp3) is 0.520. The summed E-state index contributed by atoms with van der Waals surface area (Å²) < 4.78 is 0. The van der Waals surface area contributed by atoms with Gasteiger partial charge in [0.15, 0.2) is 11.5 Å². The van der Waals surface area contributed by atoms with Gasteiger partial charge >= 0.3 is 0 Å². The van der Waals surface area contributed by atoms with E-state index in [0.29, 0.717) is 5.56 Å². The van der Waals surface area contributed by atoms with Crippen molar-refractivity contribution in [2.24, 2.45) is 5.73 Å². The molecule has 0 heterocycles. The summed E-state index contributed by atoms with van der Waals surface area (Å²) in [5.74, 6) is 0.508. The predicted octanol–water partition coefficient (Wildman–Crippen LogP) is 3.96. The highest BCUT2D eigenvalue weighted by Gasteiger charge is 2.29. The summed E-state index contributed by atoms with van der Waals surface area (Å²) in [7, 11) is 0. The Labute approximate surface area is 184 Å². The van der Waals surface area contributed by atoms with Crippen molar-refractivity contribution in [3.8, 4) is 23.0 Å². The number of fused-ring (bicyclic) bond motifs is 1. The maximum atomic E-state index is 10.1. The molecule has 0 fully saturated rings. The summed E-state index contributed by atoms with van der Waals surface area (Å²) in [6, 6.07) is 7.03. The van der Waals surface area contributed by atoms with Crippen LogP contribution in [0.1, 0.15) is 66.7 Å². The van der Waals surface area contributed by atoms with Crippen LogP contribution in [0.5, 0.6) is 23.0 Å². The van der Waals surface area contributed by atoms with Crippen LogP contribution in [0.15, 0.2) is 24.3 Å². The van der Waals surface area contributed by atoms with E-state index in [1.54, 1.807) is 25.1 Å². The number of hydrogen-bond acceptors (Lipinski definition) is 6. The zero-order valence-electron chi connectivity index (χ0n) is 18.4. The van der Waals surface area contributed by atoms with Gasteiger partial charge in [-0.1, -0.05) is 25.3 Å². The van der Waals surface area contributed by atoms with Gasteiger partial charge in [0.05, 0.1) is 0 Å². The number of hydrogen-bond donors (Lipinski definition) is 6. The molecule has 0 aromatic heterocycles. The van der Waals surface area contributed by atoms with Crippen LogP contribution in [-0.4, -0.2) is 39.6 Å². The van der Waals surface area contributed by atoms with E-state index in [2.05, 4.69) is 5.32 Å². The fourth-order valence-electron chi connectivity index (χ4n) is 4.57. The van der Waals surface area contributed by atoms with Gasteiger partial charge in [-0.2, -0.15) is 0 Å². The quantitative estimate of drug-likeness (QED) is 0.252. The van der Waals surface area contributed by atoms with Gasteiger partial charge in [-0.05, 0) is 87.4 Å². The van der Waals surface area contributed by atoms with E-state index in [0.717, 1.165) is 81.1 Å². The van der Waals surface area contributed by atoms with Gasteiger partial charge in [-0.25, -0.2) is 0 Å². The zero-order valence-corrected chi connectivity index (χ0v) is 18.4. The highest BCUT2D eigenvalue weighted by molar-refractivity contribution is 5.51. The lowest BCUT2D eigenvalue weighted by Crippen LogP contribution is -2.33. The molecule has 6 nitrogen and oxygen atoms in total. The Balaban J connectivity index is 1.32. The van der Waals surface area contributed by atoms with Crippen LogP contribution < -0.4 is 11.1 Å². The number of rotatable bonds is 10. The van der Waals surface area contributed by atoms with Crippen molar-refractivity contribution in [3.05, 3.63) is 46.5 Å². The third kappa shape index (κ3) is 5.83. The smallest absolute Gasteiger partial charge is 0.160 e. The van der Waals surface area contributed by atoms with Gasteiger partial charge in [0.1, 0.15) is 11.5 Å². The van der Waals surface area contributed by atoms with Crippen molar-refractivity contribution in [3.63, 3.8) is 0 Å². The first-order valence-corrected chi connectivity index (χ1v) is 11.4. The molecule has 0 bridgehead atoms. The van der Waals surface area contributed by atoms with Crippen molar-refractivity contribution in [1.29, 1.82) is 0 Å². The molecule has 0 aliphatic heterocycles. The van der Waals surface area contributed by atoms with E-state index in [1.807, 2.05) is 6.07 Å². The summed E-state index contributed by atoms with van der Waals surface area (Å²) in [5.41, 5.74) is 9.78. The van der Waals surface area contributed by atoms with Crippen molar-refractivity contribution in [2.45, 2.75) is 70.3 Å². The number of unbranched alkanes of at least 4 members (excludes halogenated alkanes) is 3. The van der Waals surface area contributed by atoms with Crippen LogP contribution in [0, 0.1) is 6.92 Å². The number of phenols is 4. The first-order chi connectivity index (χ1) is 14.9. The molecule has 0 saturated carbocycles. The lowest BCUT2D eigenvalue weighted by atomic mass is 9.76. The maximum Gasteiger partial charge on any atom is 0.160 e. The largest absolute Gasteiger partial charge is 0.508 e. The molecule has 0 saturated heterocycles. The van der Waals surface area contributed by atoms with E-state index in [4.69, 9.17) is 5.73 Å². The van der Waals surface area contributed by atoms with Gasteiger partial charge in [-0.3, -0.25) is 0 Å². The lowest BCUT2D eigenvalue weighted by molar-refractivity contribution is 0.380. The molecule has 0 radical (unpaired) electrons. The van der Waals surface area contributed by atoms with Gasteiger partial charge in [-0.15, -0.1) is 0 Å². The molecule has 1 aliphatic carbocycles. The second-order valence-electron chi connectivity index (χ2n) is 8.77. The number of phenolic OH excluding ortho intramolecular Hbond substituents is 4. The molecule has 31 heavy (non-hydrogen) atoms. The molecule has 3 rings (SSSR count). The monoisotopic (exact) mass is 428 g/mol. The van der Waals surface area contributed by atoms with Crippen LogP contribution in [-0.2, 0) is 12.8 Å². The molecule has 2 atom stereocenters. The molecular formula is C25H36N2O4. The van der Waals surface area contributed by atoms with E-state index in [9.17, 15) is 20.4 Å². The molecule has 2 unspecified atom stereocenters. The minimum atomic E-state index is -0.0450. The van der Waals surface area contributed by atoms with Gasteiger partial charge < -0.3 is 31.5 Å². The Bertz CT molecular complexity index is 861. The van der Waals surface area contributed by atoms with Crippen LogP contribution >= 0.6 is 0 Å². The minimum Gasteiger partial charge on any atom is -0.508 e. The Morgan fingerprint density at radius 1 is 0.935 bits per heavy atom. The standard InChI is InChI=1S/C25H36N2O4/c1-16-23(29)14-17(15-24(16)30)11-13-27-12-5-3-2-4-6-19-18-8-10-22(28)25(31)20(18)7-9-21(19)26/h8,10,14-15,19,21,27-31H,2-7,9,11-13,26H2,1H3. The maximum absolute atomic E-state index is 10.1. The Hall–Kier alpha value is -2.44. The molecule has 6 heteroatoms. The number of nitrogens with one attached hydrogen (secondary N) is 1. The molecule has 170 valence electrons. The van der Waals surface area contributed by atoms with E-state index < -0.39 is 0 Å². The number of benzene rings is 2. The molecule has 0 amide bonds. The molecule has 1 aliphatic rings. The average molecular weight is 429 g/mol. The highest BCUT2D eigenvalue weighted by Crippen LogP contribution is 2.42. The van der Waals surface area contributed by atoms with Crippen LogP contribution in [0.25, 0.3) is 0 Å². The first kappa shape index (κ1) is 23.2. The van der Waals surface area contributed by atoms with Gasteiger partial charge in [0.2, 0.25) is 0 Å². The van der Waals surface area contributed by atoms with Crippen molar-refractivity contribution < 1.29 is 20.4 Å². The molecule has 7 N–H and O–H groups in total. The predicted molar refractivity (Wildman–Crippen MR) is 123 cm³/mol. The second-order valence-corrected chi connectivity index (χ2v) is 8.77. The van der Waals surface area contributed by atoms with Crippen molar-refractivity contribution in [1.82, 2.24) is 5.32 Å². The van der Waals surface area contributed by atoms with E-state index >= 15 is 0 Å². The van der Waals surface area contributed by atoms with E-state index in [1.165, 1.54) is 0 Å². The first-order valence-electron chi connectivity index (χ1n) is 11.4. The minimum absolute atomic E-state index is 0.0246. The van der Waals surface area contributed by atoms with Crippen LogP contribution in [0.2, 0.25) is 0 Å². The molecule has 2 aromatic rings. The normalized spacial score (nSPS) is 18.1. The highest BCUT2D eigenvalue weighted by atomic mass is 16.3. The Morgan fingerprint density at radius 2 is 1.65 bits per heavy atom. The SMILES string of the molecule is Cc1c(O)cc(CCNCCCCCCC2c3ccc(O)c(O)c3CCC2N)cc1O. The number of nitrogens with two attached hydrogens (primary N) is 1. The van der Waals surface area contributed by atoms with Gasteiger partial charge in [0, 0.05) is 17.2 Å². The summed E-state index contributed by atoms with van der Waals surface area (Å²) in [4.78, 5) is 0. The Morgan fingerprint density at radius 3 is 2.39 bits per heavy atom. The molecule has 0 spiro atoms. The van der Waals surface area contributed by atoms with Crippen LogP contribution in [0.4, 0.5) is 0 Å². The summed E-state index contributed by atoms with van der Waals surface area (Å²) in [6.07, 6.45) is 7.83. The fourth-order valence-corrected chi connectivity index (χ4v) is 4.57.